The predicted molar refractivity (Wildman–Crippen MR) is 125 cm³/mol. The predicted octanol–water partition coefficient (Wildman–Crippen LogP) is 3.76. The molecule has 3 aromatic carbocycles. The molecule has 4 aromatic rings. The fraction of sp³-hybridized carbons (Fsp3) is 0.179. The van der Waals surface area contributed by atoms with Crippen molar-refractivity contribution in [3.63, 3.8) is 0 Å². The fourth-order valence-corrected chi connectivity index (χ4v) is 4.26. The lowest BCUT2D eigenvalue weighted by molar-refractivity contribution is -0.671. The van der Waals surface area contributed by atoms with E-state index in [1.807, 2.05) is 17.7 Å². The van der Waals surface area contributed by atoms with Gasteiger partial charge in [0.15, 0.2) is 29.7 Å². The van der Waals surface area contributed by atoms with Crippen molar-refractivity contribution in [2.45, 2.75) is 25.7 Å². The van der Waals surface area contributed by atoms with Crippen LogP contribution in [0.3, 0.4) is 0 Å². The Morgan fingerprint density at radius 1 is 0.706 bits per heavy atom. The molecule has 4 aliphatic rings. The molecule has 1 aromatic heterocycles. The third-order valence-corrected chi connectivity index (χ3v) is 6.17. The molecule has 0 N–H and O–H groups in total. The molecule has 0 atom stereocenters. The molecular formula is C28H24F2IN3. The van der Waals surface area contributed by atoms with Crippen LogP contribution in [-0.4, -0.2) is 0 Å². The first-order chi connectivity index (χ1) is 16.1. The third kappa shape index (κ3) is 5.22. The summed E-state index contributed by atoms with van der Waals surface area (Å²) in [6.07, 6.45) is 7.46. The van der Waals surface area contributed by atoms with Crippen molar-refractivity contribution in [3.8, 4) is 11.1 Å². The van der Waals surface area contributed by atoms with E-state index in [-0.39, 0.29) is 29.7 Å². The van der Waals surface area contributed by atoms with Crippen molar-refractivity contribution in [3.05, 3.63) is 113 Å². The summed E-state index contributed by atoms with van der Waals surface area (Å²) in [4.78, 5) is 0. The maximum absolute atomic E-state index is 14.0. The molecule has 4 aliphatic carbocycles. The van der Waals surface area contributed by atoms with Crippen LogP contribution >= 0.6 is 0 Å². The minimum atomic E-state index is -0.715. The van der Waals surface area contributed by atoms with E-state index in [4.69, 9.17) is 0 Å². The second kappa shape index (κ2) is 10.5. The zero-order chi connectivity index (χ0) is 22.8. The Bertz CT molecular complexity index is 1330. The van der Waals surface area contributed by atoms with E-state index in [9.17, 15) is 8.78 Å². The summed E-state index contributed by atoms with van der Waals surface area (Å²) in [7, 11) is 2.02. The number of benzene rings is 3. The highest BCUT2D eigenvalue weighted by atomic mass is 127. The van der Waals surface area contributed by atoms with E-state index >= 15 is 0 Å². The summed E-state index contributed by atoms with van der Waals surface area (Å²) in [6.45, 7) is 0. The molecule has 0 saturated heterocycles. The van der Waals surface area contributed by atoms with E-state index < -0.39 is 11.6 Å². The third-order valence-electron chi connectivity index (χ3n) is 6.17. The number of aromatic nitrogens is 1. The van der Waals surface area contributed by atoms with Crippen LogP contribution < -0.4 is 28.5 Å². The van der Waals surface area contributed by atoms with Gasteiger partial charge in [-0.05, 0) is 77.3 Å². The normalized spacial score (nSPS) is 12.9. The van der Waals surface area contributed by atoms with E-state index in [0.29, 0.717) is 5.69 Å². The lowest BCUT2D eigenvalue weighted by atomic mass is 9.90. The monoisotopic (exact) mass is 567 g/mol. The van der Waals surface area contributed by atoms with Crippen molar-refractivity contribution in [2.75, 3.05) is 0 Å². The second-order valence-electron chi connectivity index (χ2n) is 8.48. The molecule has 172 valence electrons. The molecule has 0 saturated carbocycles. The number of azo groups is 1. The van der Waals surface area contributed by atoms with Crippen LogP contribution in [-0.2, 0) is 32.7 Å². The zero-order valence-corrected chi connectivity index (χ0v) is 21.0. The van der Waals surface area contributed by atoms with Crippen molar-refractivity contribution < 1.29 is 37.3 Å². The summed E-state index contributed by atoms with van der Waals surface area (Å²) in [5.41, 5.74) is 7.49. The zero-order valence-electron chi connectivity index (χ0n) is 18.8. The van der Waals surface area contributed by atoms with Gasteiger partial charge in [0.2, 0.25) is 0 Å². The van der Waals surface area contributed by atoms with Gasteiger partial charge < -0.3 is 24.0 Å². The minimum absolute atomic E-state index is 0. The quantitative estimate of drug-likeness (QED) is 0.205. The molecule has 0 spiro atoms. The molecule has 0 fully saturated rings. The van der Waals surface area contributed by atoms with Gasteiger partial charge in [-0.25, -0.2) is 13.3 Å². The topological polar surface area (TPSA) is 28.6 Å². The number of halogens is 3. The van der Waals surface area contributed by atoms with Crippen molar-refractivity contribution in [1.29, 1.82) is 0 Å². The Kier molecular flexibility index (Phi) is 7.46. The summed E-state index contributed by atoms with van der Waals surface area (Å²) in [5.74, 6) is -1.43. The van der Waals surface area contributed by atoms with E-state index in [1.54, 1.807) is 0 Å². The summed E-state index contributed by atoms with van der Waals surface area (Å²) < 4.78 is 30.0. The SMILES string of the molecule is C[n+]1ccc(-c2cc3ccc2CCc2ccc(c(N=Nc4c(F)cccc4F)c2)CC3)cc1.[I-]. The number of rotatable bonds is 3. The first-order valence-electron chi connectivity index (χ1n) is 11.1. The van der Waals surface area contributed by atoms with E-state index in [2.05, 4.69) is 65.1 Å². The number of aryl methyl sites for hydroxylation is 5. The maximum atomic E-state index is 14.0. The van der Waals surface area contributed by atoms with Crippen LogP contribution in [0.4, 0.5) is 20.2 Å². The van der Waals surface area contributed by atoms with Gasteiger partial charge in [-0.2, -0.15) is 5.11 Å². The Morgan fingerprint density at radius 2 is 1.32 bits per heavy atom. The highest BCUT2D eigenvalue weighted by molar-refractivity contribution is 5.68. The van der Waals surface area contributed by atoms with Crippen LogP contribution in [0.15, 0.2) is 89.4 Å². The Balaban J connectivity index is 0.00000274. The molecule has 6 heteroatoms. The average molecular weight is 567 g/mol. The highest BCUT2D eigenvalue weighted by Gasteiger charge is 2.13. The standard InChI is InChI=1S/C28H24F2N3.HI/c1-33-15-13-22(14-16-33)24-17-19-5-9-21(24)10-6-20-8-12-23(11-7-19)27(18-20)31-32-28-25(29)3-2-4-26(28)30;/h2-5,8-9,12-18H,6-7,10-11H2,1H3;1H/q+1;/p-1. The molecule has 0 amide bonds. The molecule has 34 heavy (non-hydrogen) atoms. The molecule has 0 radical (unpaired) electrons. The van der Waals surface area contributed by atoms with Crippen molar-refractivity contribution >= 4 is 11.4 Å². The van der Waals surface area contributed by atoms with Gasteiger partial charge in [-0.15, -0.1) is 5.11 Å². The van der Waals surface area contributed by atoms with Crippen LogP contribution in [0.1, 0.15) is 22.3 Å². The second-order valence-corrected chi connectivity index (χ2v) is 8.48. The van der Waals surface area contributed by atoms with Crippen LogP contribution in [0.2, 0.25) is 0 Å². The average Bonchev–Trinajstić information content (AvgIpc) is 2.81. The Labute approximate surface area is 215 Å². The molecule has 8 rings (SSSR count). The van der Waals surface area contributed by atoms with Gasteiger partial charge in [0.05, 0.1) is 5.69 Å². The fourth-order valence-electron chi connectivity index (χ4n) is 4.26. The number of nitrogens with zero attached hydrogens (tertiary/aromatic N) is 3. The largest absolute Gasteiger partial charge is 1.00 e. The smallest absolute Gasteiger partial charge is 0.169 e. The number of hydrogen-bond acceptors (Lipinski definition) is 2. The van der Waals surface area contributed by atoms with Crippen LogP contribution in [0.25, 0.3) is 11.1 Å². The molecule has 1 heterocycles. The van der Waals surface area contributed by atoms with Gasteiger partial charge in [-0.1, -0.05) is 36.4 Å². The van der Waals surface area contributed by atoms with Gasteiger partial charge in [0.1, 0.15) is 7.05 Å². The number of hydrogen-bond donors (Lipinski definition) is 0. The minimum Gasteiger partial charge on any atom is -1.00 e. The molecule has 4 bridgehead atoms. The summed E-state index contributed by atoms with van der Waals surface area (Å²) in [5, 5.41) is 8.19. The summed E-state index contributed by atoms with van der Waals surface area (Å²) in [6, 6.07) is 20.9. The first-order valence-corrected chi connectivity index (χ1v) is 11.1. The van der Waals surface area contributed by atoms with Crippen LogP contribution in [0.5, 0.6) is 0 Å². The maximum Gasteiger partial charge on any atom is 0.169 e. The van der Waals surface area contributed by atoms with Gasteiger partial charge in [0.25, 0.3) is 0 Å². The summed E-state index contributed by atoms with van der Waals surface area (Å²) >= 11 is 0. The van der Waals surface area contributed by atoms with Crippen molar-refractivity contribution in [2.24, 2.45) is 17.3 Å². The Hall–Kier alpha value is -3.00. The van der Waals surface area contributed by atoms with Crippen LogP contribution in [0, 0.1) is 11.6 Å². The van der Waals surface area contributed by atoms with Gasteiger partial charge in [-0.3, -0.25) is 0 Å². The highest BCUT2D eigenvalue weighted by Crippen LogP contribution is 2.31. The molecule has 0 unspecified atom stereocenters. The Morgan fingerprint density at radius 3 is 2.03 bits per heavy atom. The molecule has 3 nitrogen and oxygen atoms in total. The van der Waals surface area contributed by atoms with Crippen molar-refractivity contribution in [1.82, 2.24) is 0 Å². The lowest BCUT2D eigenvalue weighted by Crippen LogP contribution is -3.00. The van der Waals surface area contributed by atoms with Gasteiger partial charge >= 0.3 is 0 Å². The van der Waals surface area contributed by atoms with E-state index in [1.165, 1.54) is 40.5 Å². The molecular weight excluding hydrogens is 543 g/mol. The van der Waals surface area contributed by atoms with E-state index in [0.717, 1.165) is 36.8 Å². The lowest BCUT2D eigenvalue weighted by Gasteiger charge is -2.15. The molecule has 0 aliphatic heterocycles. The van der Waals surface area contributed by atoms with Gasteiger partial charge in [0, 0.05) is 12.1 Å². The number of pyridine rings is 1. The first kappa shape index (κ1) is 24.1.